The van der Waals surface area contributed by atoms with Crippen molar-refractivity contribution in [3.8, 4) is 0 Å². The molecule has 0 radical (unpaired) electrons. The largest absolute Gasteiger partial charge is 0.383 e. The minimum absolute atomic E-state index is 0.0316. The number of carbonyl (C=O) groups excluding carboxylic acids is 1. The second-order valence-electron chi connectivity index (χ2n) is 4.65. The van der Waals surface area contributed by atoms with Crippen LogP contribution < -0.4 is 5.73 Å². The number of anilines is 1. The first kappa shape index (κ1) is 16.2. The van der Waals surface area contributed by atoms with Crippen molar-refractivity contribution >= 4 is 34.5 Å². The number of benzene rings is 1. The molecule has 5 nitrogen and oxygen atoms in total. The molecule has 3 aromatic rings. The number of rotatable bonds is 2. The first-order chi connectivity index (χ1) is 11.4. The van der Waals surface area contributed by atoms with Crippen molar-refractivity contribution < 1.29 is 22.4 Å². The number of nitrogens with two attached hydrogens (primary N) is 1. The summed E-state index contributed by atoms with van der Waals surface area (Å²) >= 11 is 0.580. The molecule has 0 aliphatic carbocycles. The topological polar surface area (TPSA) is 73.8 Å². The molecule has 0 unspecified atom stereocenters. The highest BCUT2D eigenvalue weighted by Gasteiger charge is 2.30. The molecule has 2 N–H and O–H groups in total. The van der Waals surface area contributed by atoms with Gasteiger partial charge in [-0.05, 0) is 12.3 Å². The number of hydrogen-bond acceptors (Lipinski definition) is 5. The molecule has 0 saturated heterocycles. The van der Waals surface area contributed by atoms with E-state index in [9.17, 15) is 22.4 Å². The van der Waals surface area contributed by atoms with E-state index in [1.165, 1.54) is 18.5 Å². The SMILES string of the molecule is CSc1c(F)c(F)c(F)c(F)c1C(=O)n1ccc2c(N)ncnc21. The van der Waals surface area contributed by atoms with Crippen molar-refractivity contribution in [2.24, 2.45) is 0 Å². The lowest BCUT2D eigenvalue weighted by Crippen LogP contribution is -2.18. The molecular weight excluding hydrogens is 348 g/mol. The van der Waals surface area contributed by atoms with Crippen LogP contribution in [0.25, 0.3) is 11.0 Å². The Morgan fingerprint density at radius 3 is 2.46 bits per heavy atom. The van der Waals surface area contributed by atoms with Gasteiger partial charge in [0.15, 0.2) is 28.9 Å². The summed E-state index contributed by atoms with van der Waals surface area (Å²) in [6.45, 7) is 0. The van der Waals surface area contributed by atoms with Crippen molar-refractivity contribution in [1.29, 1.82) is 0 Å². The quantitative estimate of drug-likeness (QED) is 0.331. The Morgan fingerprint density at radius 2 is 1.79 bits per heavy atom. The lowest BCUT2D eigenvalue weighted by atomic mass is 10.1. The zero-order valence-electron chi connectivity index (χ0n) is 12.0. The minimum atomic E-state index is -2.06. The van der Waals surface area contributed by atoms with Crippen LogP contribution in [-0.4, -0.2) is 26.7 Å². The fourth-order valence-corrected chi connectivity index (χ4v) is 2.90. The molecule has 0 fully saturated rings. The summed E-state index contributed by atoms with van der Waals surface area (Å²) in [6.07, 6.45) is 3.60. The number of nitrogens with zero attached hydrogens (tertiary/aromatic N) is 3. The molecule has 2 heterocycles. The third-order valence-corrected chi connectivity index (χ3v) is 4.16. The Balaban J connectivity index is 2.29. The maximum Gasteiger partial charge on any atom is 0.267 e. The van der Waals surface area contributed by atoms with Crippen LogP contribution in [0.1, 0.15) is 10.4 Å². The van der Waals surface area contributed by atoms with E-state index in [0.717, 1.165) is 10.9 Å². The number of nitrogen functional groups attached to an aromatic ring is 1. The van der Waals surface area contributed by atoms with Gasteiger partial charge in [-0.1, -0.05) is 0 Å². The summed E-state index contributed by atoms with van der Waals surface area (Å²) < 4.78 is 55.8. The number of halogens is 4. The first-order valence-corrected chi connectivity index (χ1v) is 7.63. The average molecular weight is 356 g/mol. The van der Waals surface area contributed by atoms with Crippen LogP contribution in [0.4, 0.5) is 23.4 Å². The van der Waals surface area contributed by atoms with Crippen LogP contribution >= 0.6 is 11.8 Å². The first-order valence-electron chi connectivity index (χ1n) is 6.40. The van der Waals surface area contributed by atoms with E-state index in [0.29, 0.717) is 17.1 Å². The van der Waals surface area contributed by atoms with Gasteiger partial charge in [-0.3, -0.25) is 9.36 Å². The molecule has 10 heteroatoms. The van der Waals surface area contributed by atoms with Gasteiger partial charge in [0.1, 0.15) is 12.1 Å². The molecule has 0 aliphatic heterocycles. The number of hydrogen-bond donors (Lipinski definition) is 1. The molecule has 0 bridgehead atoms. The van der Waals surface area contributed by atoms with Crippen molar-refractivity contribution in [3.63, 3.8) is 0 Å². The minimum Gasteiger partial charge on any atom is -0.383 e. The number of aromatic nitrogens is 3. The van der Waals surface area contributed by atoms with Crippen molar-refractivity contribution in [1.82, 2.24) is 14.5 Å². The Kier molecular flexibility index (Phi) is 3.91. The number of thioether (sulfide) groups is 1. The van der Waals surface area contributed by atoms with Crippen molar-refractivity contribution in [3.05, 3.63) is 47.4 Å². The summed E-state index contributed by atoms with van der Waals surface area (Å²) in [5.41, 5.74) is 4.75. The molecule has 24 heavy (non-hydrogen) atoms. The molecule has 124 valence electrons. The third kappa shape index (κ3) is 2.21. The van der Waals surface area contributed by atoms with E-state index in [1.807, 2.05) is 0 Å². The van der Waals surface area contributed by atoms with Gasteiger partial charge < -0.3 is 5.73 Å². The number of fused-ring (bicyclic) bond motifs is 1. The molecule has 1 aromatic carbocycles. The molecule has 0 aliphatic rings. The van der Waals surface area contributed by atoms with Crippen molar-refractivity contribution in [2.45, 2.75) is 4.90 Å². The standard InChI is InChI=1S/C14H8F4N4OS/c1-24-11-6(7(15)8(16)9(17)10(11)18)14(23)22-3-2-5-12(19)20-4-21-13(5)22/h2-4H,1H3,(H2,19,20,21). The maximum absolute atomic E-state index is 14.1. The van der Waals surface area contributed by atoms with Gasteiger partial charge in [-0.2, -0.15) is 0 Å². The fraction of sp³-hybridized carbons (Fsp3) is 0.0714. The molecule has 2 aromatic heterocycles. The molecular formula is C14H8F4N4OS. The van der Waals surface area contributed by atoms with Crippen molar-refractivity contribution in [2.75, 3.05) is 12.0 Å². The van der Waals surface area contributed by atoms with Crippen LogP contribution in [0.15, 0.2) is 23.5 Å². The summed E-state index contributed by atoms with van der Waals surface area (Å²) in [5, 5.41) is 0.306. The summed E-state index contributed by atoms with van der Waals surface area (Å²) in [5.74, 6) is -8.46. The molecule has 3 rings (SSSR count). The highest BCUT2D eigenvalue weighted by atomic mass is 32.2. The molecule has 0 atom stereocenters. The average Bonchev–Trinajstić information content (AvgIpc) is 3.01. The van der Waals surface area contributed by atoms with E-state index in [2.05, 4.69) is 9.97 Å². The van der Waals surface area contributed by atoms with E-state index in [1.54, 1.807) is 0 Å². The predicted molar refractivity (Wildman–Crippen MR) is 79.7 cm³/mol. The Morgan fingerprint density at radius 1 is 1.12 bits per heavy atom. The Labute approximate surface area is 136 Å². The van der Waals surface area contributed by atoms with Gasteiger partial charge in [0.25, 0.3) is 5.91 Å². The predicted octanol–water partition coefficient (Wildman–Crippen LogP) is 2.98. The second kappa shape index (κ2) is 5.78. The van der Waals surface area contributed by atoms with Gasteiger partial charge in [-0.25, -0.2) is 27.5 Å². The van der Waals surface area contributed by atoms with Crippen LogP contribution in [0.3, 0.4) is 0 Å². The molecule has 0 saturated carbocycles. The lowest BCUT2D eigenvalue weighted by Gasteiger charge is -2.11. The van der Waals surface area contributed by atoms with Gasteiger partial charge in [-0.15, -0.1) is 11.8 Å². The van der Waals surface area contributed by atoms with Crippen LogP contribution in [0, 0.1) is 23.3 Å². The number of carbonyl (C=O) groups is 1. The maximum atomic E-state index is 14.1. The van der Waals surface area contributed by atoms with Gasteiger partial charge in [0.2, 0.25) is 0 Å². The van der Waals surface area contributed by atoms with E-state index in [4.69, 9.17) is 5.73 Å². The summed E-state index contributed by atoms with van der Waals surface area (Å²) in [6, 6.07) is 1.40. The Hall–Kier alpha value is -2.62. The molecule has 0 amide bonds. The van der Waals surface area contributed by atoms with Gasteiger partial charge in [0.05, 0.1) is 15.8 Å². The van der Waals surface area contributed by atoms with E-state index >= 15 is 0 Å². The summed E-state index contributed by atoms with van der Waals surface area (Å²) in [4.78, 5) is 19.6. The third-order valence-electron chi connectivity index (χ3n) is 3.37. The zero-order chi connectivity index (χ0) is 17.6. The smallest absolute Gasteiger partial charge is 0.267 e. The highest BCUT2D eigenvalue weighted by Crippen LogP contribution is 2.32. The fourth-order valence-electron chi connectivity index (χ4n) is 2.25. The molecule has 0 spiro atoms. The van der Waals surface area contributed by atoms with Gasteiger partial charge >= 0.3 is 0 Å². The van der Waals surface area contributed by atoms with E-state index in [-0.39, 0.29) is 11.5 Å². The monoisotopic (exact) mass is 356 g/mol. The van der Waals surface area contributed by atoms with Crippen LogP contribution in [-0.2, 0) is 0 Å². The van der Waals surface area contributed by atoms with Crippen LogP contribution in [0.2, 0.25) is 0 Å². The zero-order valence-corrected chi connectivity index (χ0v) is 12.8. The lowest BCUT2D eigenvalue weighted by molar-refractivity contribution is 0.0954. The second-order valence-corrected chi connectivity index (χ2v) is 5.47. The highest BCUT2D eigenvalue weighted by molar-refractivity contribution is 7.98. The Bertz CT molecular complexity index is 989. The van der Waals surface area contributed by atoms with Crippen LogP contribution in [0.5, 0.6) is 0 Å². The summed E-state index contributed by atoms with van der Waals surface area (Å²) in [7, 11) is 0. The van der Waals surface area contributed by atoms with E-state index < -0.39 is 39.6 Å². The normalized spacial score (nSPS) is 11.2. The van der Waals surface area contributed by atoms with Gasteiger partial charge in [0, 0.05) is 6.20 Å².